The first kappa shape index (κ1) is 24.3. The monoisotopic (exact) mass is 262 g/mol. The molecular formula is C9H17AlCl2MgO. The molecule has 0 saturated carbocycles. The molecule has 0 saturated heterocycles. The maximum Gasteiger partial charge on any atom is 2.00 e. The first-order chi connectivity index (χ1) is 5.35. The molecule has 0 aliphatic carbocycles. The number of rotatable bonds is 1. The second kappa shape index (κ2) is 19.6. The summed E-state index contributed by atoms with van der Waals surface area (Å²) < 4.78 is 0. The smallest absolute Gasteiger partial charge is 1.00 e. The topological polar surface area (TPSA) is 23.1 Å². The van der Waals surface area contributed by atoms with E-state index in [1.165, 1.54) is 0 Å². The van der Waals surface area contributed by atoms with Crippen LogP contribution in [-0.4, -0.2) is 38.3 Å². The quantitative estimate of drug-likeness (QED) is 0.711. The van der Waals surface area contributed by atoms with Crippen molar-refractivity contribution in [2.45, 2.75) is 18.2 Å². The average molecular weight is 263 g/mol. The van der Waals surface area contributed by atoms with Crippen LogP contribution in [0.3, 0.4) is 0 Å². The molecule has 0 spiro atoms. The summed E-state index contributed by atoms with van der Waals surface area (Å²) in [5.41, 5.74) is 0.854. The summed E-state index contributed by atoms with van der Waals surface area (Å²) in [6.45, 7) is -0.110. The summed E-state index contributed by atoms with van der Waals surface area (Å²) in [6.07, 6.45) is 0. The number of hydrogen-bond acceptors (Lipinski definition) is 1. The molecular weight excluding hydrogens is 246 g/mol. The Hall–Kier alpha value is 1.06. The van der Waals surface area contributed by atoms with Gasteiger partial charge in [-0.25, -0.2) is 0 Å². The van der Waals surface area contributed by atoms with Gasteiger partial charge in [0.25, 0.3) is 0 Å². The molecule has 0 bridgehead atoms. The van der Waals surface area contributed by atoms with Gasteiger partial charge < -0.3 is 7.96 Å². The molecule has 14 heavy (non-hydrogen) atoms. The predicted molar refractivity (Wildman–Crippen MR) is 70.1 cm³/mol. The maximum atomic E-state index is 10.1. The Morgan fingerprint density at radius 2 is 1.50 bits per heavy atom. The standard InChI is InChI=1S/C7H7O.2CH3.Al.2ClH.Mg.2H/c8-6-7-4-2-1-3-5-7;;;;;;;;/h1-5H,6H2;2*1H3;;2*1H;;;/q-1;;;+1;;;+2;2*-1. The van der Waals surface area contributed by atoms with Gasteiger partial charge in [0.05, 0.1) is 0 Å². The normalized spacial score (nSPS) is 5.93. The predicted octanol–water partition coefficient (Wildman–Crippen LogP) is 2.02. The van der Waals surface area contributed by atoms with Crippen LogP contribution in [0.4, 0.5) is 0 Å². The third-order valence-electron chi connectivity index (χ3n) is 1.01. The first-order valence-corrected chi connectivity index (χ1v) is 6.02. The second-order valence-electron chi connectivity index (χ2n) is 2.21. The third-order valence-corrected chi connectivity index (χ3v) is 1.01. The number of benzene rings is 1. The van der Waals surface area contributed by atoms with Gasteiger partial charge in [-0.15, -0.1) is 31.4 Å². The van der Waals surface area contributed by atoms with Gasteiger partial charge in [-0.1, -0.05) is 35.9 Å². The van der Waals surface area contributed by atoms with E-state index >= 15 is 0 Å². The van der Waals surface area contributed by atoms with E-state index in [0.717, 1.165) is 20.8 Å². The van der Waals surface area contributed by atoms with Crippen molar-refractivity contribution in [1.82, 2.24) is 0 Å². The van der Waals surface area contributed by atoms with Crippen LogP contribution in [0.1, 0.15) is 8.42 Å². The van der Waals surface area contributed by atoms with E-state index in [9.17, 15) is 5.11 Å². The molecule has 0 aliphatic heterocycles. The van der Waals surface area contributed by atoms with E-state index in [4.69, 9.17) is 0 Å². The molecule has 0 amide bonds. The number of hydrogen-bond donors (Lipinski definition) is 0. The van der Waals surface area contributed by atoms with Crippen molar-refractivity contribution in [3.63, 3.8) is 0 Å². The van der Waals surface area contributed by atoms with Crippen molar-refractivity contribution in [3.8, 4) is 0 Å². The van der Waals surface area contributed by atoms with Crippen LogP contribution in [0.5, 0.6) is 0 Å². The van der Waals surface area contributed by atoms with E-state index in [-0.39, 0.29) is 57.3 Å². The zero-order valence-electron chi connectivity index (χ0n) is 10.6. The molecule has 78 valence electrons. The van der Waals surface area contributed by atoms with Gasteiger partial charge in [-0.05, 0) is 0 Å². The fourth-order valence-corrected chi connectivity index (χ4v) is 0.574. The Labute approximate surface area is 124 Å². The van der Waals surface area contributed by atoms with Gasteiger partial charge in [0.2, 0.25) is 0 Å². The zero-order chi connectivity index (χ0) is 8.53. The SMILES string of the molecule is Cl.Cl.[CH3][Al+][CH3].[H-].[H-].[Mg+2].[O-]Cc1ccccc1. The van der Waals surface area contributed by atoms with Crippen molar-refractivity contribution in [3.05, 3.63) is 35.9 Å². The zero-order valence-corrected chi connectivity index (χ0v) is 12.8. The van der Waals surface area contributed by atoms with Crippen LogP contribution in [0.25, 0.3) is 0 Å². The molecule has 5 heteroatoms. The maximum absolute atomic E-state index is 10.1. The van der Waals surface area contributed by atoms with E-state index in [0.29, 0.717) is 0 Å². The van der Waals surface area contributed by atoms with E-state index in [1.807, 2.05) is 30.3 Å². The molecule has 1 nitrogen and oxygen atoms in total. The van der Waals surface area contributed by atoms with Crippen LogP contribution in [0.2, 0.25) is 11.6 Å². The van der Waals surface area contributed by atoms with Crippen LogP contribution < -0.4 is 5.11 Å². The van der Waals surface area contributed by atoms with Crippen molar-refractivity contribution >= 4 is 63.1 Å². The van der Waals surface area contributed by atoms with Gasteiger partial charge in [0.1, 0.15) is 0 Å². The molecule has 0 aliphatic rings. The largest absolute Gasteiger partial charge is 2.00 e. The van der Waals surface area contributed by atoms with Crippen molar-refractivity contribution < 1.29 is 7.96 Å². The van der Waals surface area contributed by atoms with Gasteiger partial charge in [0.15, 0.2) is 0 Å². The average Bonchev–Trinajstić information content (AvgIpc) is 2.08. The molecule has 0 aromatic heterocycles. The first-order valence-electron chi connectivity index (χ1n) is 3.71. The fraction of sp³-hybridized carbons (Fsp3) is 0.333. The van der Waals surface area contributed by atoms with Crippen molar-refractivity contribution in [2.24, 2.45) is 0 Å². The molecule has 0 N–H and O–H groups in total. The van der Waals surface area contributed by atoms with Gasteiger partial charge >= 0.3 is 49.8 Å². The minimum absolute atomic E-state index is 0. The Bertz CT molecular complexity index is 184. The summed E-state index contributed by atoms with van der Waals surface area (Å²) in [5.74, 6) is 4.42. The van der Waals surface area contributed by atoms with E-state index < -0.39 is 0 Å². The molecule has 0 atom stereocenters. The Morgan fingerprint density at radius 3 is 1.71 bits per heavy atom. The van der Waals surface area contributed by atoms with Crippen LogP contribution in [0.15, 0.2) is 30.3 Å². The molecule has 1 aromatic carbocycles. The molecule has 0 unspecified atom stereocenters. The summed E-state index contributed by atoms with van der Waals surface area (Å²) in [7, 11) is 0. The molecule has 1 rings (SSSR count). The van der Waals surface area contributed by atoms with Crippen LogP contribution in [0, 0.1) is 0 Å². The Morgan fingerprint density at radius 1 is 1.14 bits per heavy atom. The molecule has 0 radical (unpaired) electrons. The fourth-order valence-electron chi connectivity index (χ4n) is 0.574. The van der Waals surface area contributed by atoms with Crippen LogP contribution in [-0.2, 0) is 6.61 Å². The van der Waals surface area contributed by atoms with Crippen molar-refractivity contribution in [2.75, 3.05) is 0 Å². The van der Waals surface area contributed by atoms with E-state index in [1.54, 1.807) is 0 Å². The Kier molecular flexibility index (Phi) is 34.1. The molecule has 0 heterocycles. The number of halogens is 2. The summed E-state index contributed by atoms with van der Waals surface area (Å²) in [4.78, 5) is 0. The molecule has 1 aromatic rings. The minimum Gasteiger partial charge on any atom is -1.00 e. The minimum atomic E-state index is -0.110. The third kappa shape index (κ3) is 15.5. The second-order valence-corrected chi connectivity index (χ2v) is 3.36. The van der Waals surface area contributed by atoms with Gasteiger partial charge in [-0.3, -0.25) is 0 Å². The van der Waals surface area contributed by atoms with Crippen molar-refractivity contribution in [1.29, 1.82) is 0 Å². The molecule has 0 fully saturated rings. The van der Waals surface area contributed by atoms with Gasteiger partial charge in [0, 0.05) is 0 Å². The summed E-state index contributed by atoms with van der Waals surface area (Å²) >= 11 is 0.750. The summed E-state index contributed by atoms with van der Waals surface area (Å²) in [5, 5.41) is 10.1. The van der Waals surface area contributed by atoms with Gasteiger partial charge in [-0.2, -0.15) is 0 Å². The Balaban J connectivity index is -0.0000000288. The summed E-state index contributed by atoms with van der Waals surface area (Å²) in [6, 6.07) is 9.29. The van der Waals surface area contributed by atoms with E-state index in [2.05, 4.69) is 11.6 Å². The van der Waals surface area contributed by atoms with Crippen LogP contribution >= 0.6 is 24.8 Å².